The van der Waals surface area contributed by atoms with E-state index in [-0.39, 0.29) is 23.1 Å². The Labute approximate surface area is 147 Å². The van der Waals surface area contributed by atoms with E-state index in [0.717, 1.165) is 17.7 Å². The molecule has 3 aromatic rings. The van der Waals surface area contributed by atoms with Gasteiger partial charge in [-0.05, 0) is 42.5 Å². The molecule has 1 aliphatic heterocycles. The number of halogens is 1. The van der Waals surface area contributed by atoms with Crippen LogP contribution in [-0.2, 0) is 0 Å². The first-order valence-corrected chi connectivity index (χ1v) is 8.97. The zero-order chi connectivity index (χ0) is 16.7. The van der Waals surface area contributed by atoms with Crippen LogP contribution in [0.2, 0.25) is 5.02 Å². The summed E-state index contributed by atoms with van der Waals surface area (Å²) >= 11 is 7.56. The van der Waals surface area contributed by atoms with Gasteiger partial charge in [0.25, 0.3) is 5.91 Å². The molecule has 4 nitrogen and oxygen atoms in total. The van der Waals surface area contributed by atoms with Gasteiger partial charge >= 0.3 is 0 Å². The van der Waals surface area contributed by atoms with Gasteiger partial charge in [0.05, 0.1) is 11.4 Å². The standard InChI is InChI=1S/C18H14ClNO3S/c19-11-5-6-15-12(9-11)14(21)10-16(23-15)18(22)20-7-1-3-13(20)17-4-2-8-24-17/h2,4-6,8-10,13H,1,3,7H2/t13-/m1/s1. The summed E-state index contributed by atoms with van der Waals surface area (Å²) in [5.41, 5.74) is 0.121. The van der Waals surface area contributed by atoms with Crippen LogP contribution in [0.5, 0.6) is 0 Å². The normalized spacial score (nSPS) is 17.5. The van der Waals surface area contributed by atoms with Crippen molar-refractivity contribution in [1.82, 2.24) is 4.90 Å². The van der Waals surface area contributed by atoms with Gasteiger partial charge in [-0.1, -0.05) is 17.7 Å². The SMILES string of the molecule is O=C(c1cc(=O)c2cc(Cl)ccc2o1)N1CCC[C@@H]1c1cccs1. The predicted octanol–water partition coefficient (Wildman–Crippen LogP) is 4.49. The summed E-state index contributed by atoms with van der Waals surface area (Å²) in [5.74, 6) is -0.155. The topological polar surface area (TPSA) is 50.5 Å². The van der Waals surface area contributed by atoms with Gasteiger partial charge in [0, 0.05) is 22.5 Å². The molecule has 1 fully saturated rings. The second-order valence-electron chi connectivity index (χ2n) is 5.79. The van der Waals surface area contributed by atoms with Crippen LogP contribution in [0.4, 0.5) is 0 Å². The van der Waals surface area contributed by atoms with Gasteiger partial charge < -0.3 is 9.32 Å². The lowest BCUT2D eigenvalue weighted by atomic mass is 10.1. The number of amides is 1. The summed E-state index contributed by atoms with van der Waals surface area (Å²) in [4.78, 5) is 28.1. The lowest BCUT2D eigenvalue weighted by Crippen LogP contribution is -2.30. The van der Waals surface area contributed by atoms with Crippen LogP contribution < -0.4 is 5.43 Å². The quantitative estimate of drug-likeness (QED) is 0.677. The van der Waals surface area contributed by atoms with Gasteiger partial charge in [-0.25, -0.2) is 0 Å². The summed E-state index contributed by atoms with van der Waals surface area (Å²) in [6.45, 7) is 0.670. The lowest BCUT2D eigenvalue weighted by molar-refractivity contribution is 0.0706. The van der Waals surface area contributed by atoms with E-state index in [9.17, 15) is 9.59 Å². The van der Waals surface area contributed by atoms with E-state index in [0.29, 0.717) is 22.5 Å². The first kappa shape index (κ1) is 15.4. The fraction of sp³-hybridized carbons (Fsp3) is 0.222. The average molecular weight is 360 g/mol. The zero-order valence-electron chi connectivity index (χ0n) is 12.7. The van der Waals surface area contributed by atoms with E-state index in [1.807, 2.05) is 17.5 Å². The molecule has 0 radical (unpaired) electrons. The summed E-state index contributed by atoms with van der Waals surface area (Å²) in [7, 11) is 0. The number of rotatable bonds is 2. The highest BCUT2D eigenvalue weighted by atomic mass is 35.5. The summed E-state index contributed by atoms with van der Waals surface area (Å²) in [6, 6.07) is 10.2. The van der Waals surface area contributed by atoms with Crippen molar-refractivity contribution in [2.75, 3.05) is 6.54 Å². The monoisotopic (exact) mass is 359 g/mol. The Bertz CT molecular complexity index is 964. The van der Waals surface area contributed by atoms with Crippen LogP contribution in [0.25, 0.3) is 11.0 Å². The number of carbonyl (C=O) groups is 1. The molecule has 0 saturated carbocycles. The summed E-state index contributed by atoms with van der Waals surface area (Å²) in [5, 5.41) is 2.86. The Morgan fingerprint density at radius 1 is 1.29 bits per heavy atom. The highest BCUT2D eigenvalue weighted by molar-refractivity contribution is 7.10. The average Bonchev–Trinajstić information content (AvgIpc) is 3.25. The molecule has 4 rings (SSSR count). The fourth-order valence-corrected chi connectivity index (χ4v) is 4.21. The highest BCUT2D eigenvalue weighted by Crippen LogP contribution is 2.35. The molecule has 0 bridgehead atoms. The minimum absolute atomic E-state index is 0.0590. The molecule has 0 aliphatic carbocycles. The number of nitrogens with zero attached hydrogens (tertiary/aromatic N) is 1. The van der Waals surface area contributed by atoms with Gasteiger partial charge in [-0.15, -0.1) is 11.3 Å². The van der Waals surface area contributed by atoms with Crippen molar-refractivity contribution in [3.8, 4) is 0 Å². The zero-order valence-corrected chi connectivity index (χ0v) is 14.3. The van der Waals surface area contributed by atoms with Crippen molar-refractivity contribution in [2.45, 2.75) is 18.9 Å². The Morgan fingerprint density at radius 2 is 2.17 bits per heavy atom. The molecule has 6 heteroatoms. The Balaban J connectivity index is 1.73. The second kappa shape index (κ2) is 6.07. The van der Waals surface area contributed by atoms with E-state index in [1.54, 1.807) is 34.4 Å². The van der Waals surface area contributed by atoms with Crippen LogP contribution in [0.3, 0.4) is 0 Å². The minimum Gasteiger partial charge on any atom is -0.451 e. The first-order valence-electron chi connectivity index (χ1n) is 7.71. The molecule has 1 atom stereocenters. The Hall–Kier alpha value is -2.11. The molecular formula is C18H14ClNO3S. The molecule has 24 heavy (non-hydrogen) atoms. The third-order valence-corrected chi connectivity index (χ3v) is 5.49. The number of hydrogen-bond donors (Lipinski definition) is 0. The van der Waals surface area contributed by atoms with Gasteiger partial charge in [0.15, 0.2) is 11.2 Å². The van der Waals surface area contributed by atoms with Crippen molar-refractivity contribution in [3.63, 3.8) is 0 Å². The molecule has 122 valence electrons. The largest absolute Gasteiger partial charge is 0.451 e. The van der Waals surface area contributed by atoms with Crippen molar-refractivity contribution >= 4 is 39.8 Å². The molecule has 0 spiro atoms. The Morgan fingerprint density at radius 3 is 2.96 bits per heavy atom. The van der Waals surface area contributed by atoms with Gasteiger partial charge in [0.2, 0.25) is 0 Å². The second-order valence-corrected chi connectivity index (χ2v) is 7.20. The first-order chi connectivity index (χ1) is 11.6. The lowest BCUT2D eigenvalue weighted by Gasteiger charge is -2.23. The molecule has 0 unspecified atom stereocenters. The van der Waals surface area contributed by atoms with Crippen molar-refractivity contribution in [3.05, 3.63) is 67.7 Å². The van der Waals surface area contributed by atoms with Gasteiger partial charge in [-0.2, -0.15) is 0 Å². The van der Waals surface area contributed by atoms with Gasteiger partial charge in [-0.3, -0.25) is 9.59 Å². The molecule has 1 aromatic carbocycles. The minimum atomic E-state index is -0.256. The predicted molar refractivity (Wildman–Crippen MR) is 94.8 cm³/mol. The third-order valence-electron chi connectivity index (χ3n) is 4.29. The number of fused-ring (bicyclic) bond motifs is 1. The molecule has 2 aromatic heterocycles. The van der Waals surface area contributed by atoms with Crippen LogP contribution in [0, 0.1) is 0 Å². The van der Waals surface area contributed by atoms with Crippen LogP contribution in [-0.4, -0.2) is 17.4 Å². The molecule has 0 N–H and O–H groups in total. The van der Waals surface area contributed by atoms with E-state index in [2.05, 4.69) is 0 Å². The maximum Gasteiger partial charge on any atom is 0.290 e. The maximum atomic E-state index is 12.9. The molecule has 3 heterocycles. The van der Waals surface area contributed by atoms with E-state index < -0.39 is 0 Å². The Kier molecular flexibility index (Phi) is 3.90. The van der Waals surface area contributed by atoms with E-state index in [1.165, 1.54) is 6.07 Å². The van der Waals surface area contributed by atoms with Crippen LogP contribution in [0.1, 0.15) is 34.3 Å². The third kappa shape index (κ3) is 2.64. The van der Waals surface area contributed by atoms with E-state index >= 15 is 0 Å². The smallest absolute Gasteiger partial charge is 0.290 e. The van der Waals surface area contributed by atoms with Crippen LogP contribution in [0.15, 0.2) is 51.0 Å². The van der Waals surface area contributed by atoms with Crippen molar-refractivity contribution < 1.29 is 9.21 Å². The maximum absolute atomic E-state index is 12.9. The number of benzene rings is 1. The molecular weight excluding hydrogens is 346 g/mol. The van der Waals surface area contributed by atoms with E-state index in [4.69, 9.17) is 16.0 Å². The van der Waals surface area contributed by atoms with Crippen molar-refractivity contribution in [2.24, 2.45) is 0 Å². The molecule has 1 aliphatic rings. The highest BCUT2D eigenvalue weighted by Gasteiger charge is 2.32. The molecule has 1 amide bonds. The molecule has 1 saturated heterocycles. The number of likely N-dealkylation sites (tertiary alicyclic amines) is 1. The number of thiophene rings is 1. The van der Waals surface area contributed by atoms with Crippen LogP contribution >= 0.6 is 22.9 Å². The number of carbonyl (C=O) groups excluding carboxylic acids is 1. The van der Waals surface area contributed by atoms with Gasteiger partial charge in [0.1, 0.15) is 5.58 Å². The van der Waals surface area contributed by atoms with Crippen molar-refractivity contribution in [1.29, 1.82) is 0 Å². The summed E-state index contributed by atoms with van der Waals surface area (Å²) in [6.07, 6.45) is 1.88. The number of hydrogen-bond acceptors (Lipinski definition) is 4. The summed E-state index contributed by atoms with van der Waals surface area (Å²) < 4.78 is 5.69. The fourth-order valence-electron chi connectivity index (χ4n) is 3.16.